The Balaban J connectivity index is 1.89. The summed E-state index contributed by atoms with van der Waals surface area (Å²) >= 11 is 2.01. The lowest BCUT2D eigenvalue weighted by molar-refractivity contribution is 0.581. The molecule has 0 unspecified atom stereocenters. The molecule has 0 atom stereocenters. The molecule has 0 spiro atoms. The van der Waals surface area contributed by atoms with Gasteiger partial charge in [0.1, 0.15) is 0 Å². The van der Waals surface area contributed by atoms with Gasteiger partial charge in [-0.1, -0.05) is 0 Å². The minimum absolute atomic E-state index is 0.726. The van der Waals surface area contributed by atoms with Crippen molar-refractivity contribution < 1.29 is 0 Å². The van der Waals surface area contributed by atoms with Gasteiger partial charge in [0.25, 0.3) is 0 Å². The number of nitrogens with one attached hydrogen (secondary N) is 1. The zero-order valence-electron chi connectivity index (χ0n) is 7.79. The lowest BCUT2D eigenvalue weighted by atomic mass is 10.1. The van der Waals surface area contributed by atoms with Crippen LogP contribution in [0.3, 0.4) is 0 Å². The number of nitrogens with zero attached hydrogens (tertiary/aromatic N) is 1. The first kappa shape index (κ1) is 9.03. The van der Waals surface area contributed by atoms with Crippen LogP contribution in [0.2, 0.25) is 0 Å². The van der Waals surface area contributed by atoms with Crippen LogP contribution in [0.15, 0.2) is 18.5 Å². The molecule has 0 radical (unpaired) electrons. The Labute approximate surface area is 83.1 Å². The maximum absolute atomic E-state index is 4.12. The van der Waals surface area contributed by atoms with Crippen LogP contribution in [-0.2, 0) is 6.54 Å². The fourth-order valence-electron chi connectivity index (χ4n) is 1.29. The van der Waals surface area contributed by atoms with Crippen molar-refractivity contribution in [2.45, 2.75) is 19.5 Å². The van der Waals surface area contributed by atoms with E-state index in [4.69, 9.17) is 0 Å². The summed E-state index contributed by atoms with van der Waals surface area (Å²) in [4.78, 5) is 4.12. The topological polar surface area (TPSA) is 24.9 Å². The molecule has 1 aliphatic heterocycles. The lowest BCUT2D eigenvalue weighted by Crippen LogP contribution is -2.39. The largest absolute Gasteiger partial charge is 0.308 e. The third kappa shape index (κ3) is 2.23. The Kier molecular flexibility index (Phi) is 2.86. The highest BCUT2D eigenvalue weighted by Crippen LogP contribution is 2.17. The molecular formula is C10H14N2S. The average molecular weight is 194 g/mol. The van der Waals surface area contributed by atoms with E-state index in [2.05, 4.69) is 23.3 Å². The molecule has 0 saturated carbocycles. The smallest absolute Gasteiger partial charge is 0.0315 e. The van der Waals surface area contributed by atoms with Crippen LogP contribution >= 0.6 is 11.8 Å². The predicted molar refractivity (Wildman–Crippen MR) is 56.9 cm³/mol. The number of aryl methyl sites for hydroxylation is 1. The number of aromatic nitrogens is 1. The summed E-state index contributed by atoms with van der Waals surface area (Å²) in [5.41, 5.74) is 2.65. The zero-order valence-corrected chi connectivity index (χ0v) is 8.60. The summed E-state index contributed by atoms with van der Waals surface area (Å²) in [5.74, 6) is 2.53. The zero-order chi connectivity index (χ0) is 9.10. The number of pyridine rings is 1. The van der Waals surface area contributed by atoms with E-state index in [1.54, 1.807) is 0 Å². The Hall–Kier alpha value is -0.540. The molecule has 1 saturated heterocycles. The molecule has 0 aromatic carbocycles. The highest BCUT2D eigenvalue weighted by atomic mass is 32.2. The number of hydrogen-bond acceptors (Lipinski definition) is 3. The van der Waals surface area contributed by atoms with Gasteiger partial charge in [-0.2, -0.15) is 11.8 Å². The second-order valence-electron chi connectivity index (χ2n) is 3.42. The Morgan fingerprint density at radius 3 is 3.08 bits per heavy atom. The summed E-state index contributed by atoms with van der Waals surface area (Å²) in [6, 6.07) is 2.79. The van der Waals surface area contributed by atoms with Crippen molar-refractivity contribution in [3.05, 3.63) is 29.6 Å². The SMILES string of the molecule is Cc1ccncc1CNC1CSC1. The second-order valence-corrected chi connectivity index (χ2v) is 4.49. The fraction of sp³-hybridized carbons (Fsp3) is 0.500. The van der Waals surface area contributed by atoms with E-state index in [-0.39, 0.29) is 0 Å². The summed E-state index contributed by atoms with van der Waals surface area (Å²) < 4.78 is 0. The van der Waals surface area contributed by atoms with Crippen molar-refractivity contribution in [1.29, 1.82) is 0 Å². The Bertz CT molecular complexity index is 284. The highest BCUT2D eigenvalue weighted by molar-refractivity contribution is 8.00. The minimum Gasteiger partial charge on any atom is -0.308 e. The first-order valence-electron chi connectivity index (χ1n) is 4.57. The molecule has 3 heteroatoms. The average Bonchev–Trinajstić information content (AvgIpc) is 2.05. The van der Waals surface area contributed by atoms with Crippen LogP contribution in [-0.4, -0.2) is 22.5 Å². The van der Waals surface area contributed by atoms with Gasteiger partial charge in [-0.05, 0) is 24.1 Å². The van der Waals surface area contributed by atoms with Gasteiger partial charge < -0.3 is 5.32 Å². The first-order valence-corrected chi connectivity index (χ1v) is 5.72. The number of hydrogen-bond donors (Lipinski definition) is 1. The summed E-state index contributed by atoms with van der Waals surface area (Å²) in [7, 11) is 0. The van der Waals surface area contributed by atoms with E-state index < -0.39 is 0 Å². The van der Waals surface area contributed by atoms with Gasteiger partial charge >= 0.3 is 0 Å². The molecule has 1 aliphatic rings. The predicted octanol–water partition coefficient (Wildman–Crippen LogP) is 1.60. The molecule has 1 N–H and O–H groups in total. The maximum Gasteiger partial charge on any atom is 0.0315 e. The highest BCUT2D eigenvalue weighted by Gasteiger charge is 2.16. The molecule has 1 fully saturated rings. The van der Waals surface area contributed by atoms with Gasteiger partial charge in [-0.3, -0.25) is 4.98 Å². The molecule has 2 rings (SSSR count). The monoisotopic (exact) mass is 194 g/mol. The summed E-state index contributed by atoms with van der Waals surface area (Å²) in [5, 5.41) is 3.52. The summed E-state index contributed by atoms with van der Waals surface area (Å²) in [6.45, 7) is 3.10. The molecule has 2 heterocycles. The van der Waals surface area contributed by atoms with Crippen molar-refractivity contribution >= 4 is 11.8 Å². The first-order chi connectivity index (χ1) is 6.36. The number of thioether (sulfide) groups is 1. The molecule has 13 heavy (non-hydrogen) atoms. The van der Waals surface area contributed by atoms with Crippen molar-refractivity contribution in [3.63, 3.8) is 0 Å². The maximum atomic E-state index is 4.12. The van der Waals surface area contributed by atoms with E-state index in [9.17, 15) is 0 Å². The lowest BCUT2D eigenvalue weighted by Gasteiger charge is -2.26. The van der Waals surface area contributed by atoms with Gasteiger partial charge in [0.15, 0.2) is 0 Å². The van der Waals surface area contributed by atoms with E-state index >= 15 is 0 Å². The van der Waals surface area contributed by atoms with Gasteiger partial charge in [-0.25, -0.2) is 0 Å². The second kappa shape index (κ2) is 4.11. The van der Waals surface area contributed by atoms with Gasteiger partial charge in [0.05, 0.1) is 0 Å². The molecule has 1 aromatic rings. The van der Waals surface area contributed by atoms with Crippen LogP contribution in [0, 0.1) is 6.92 Å². The molecular weight excluding hydrogens is 180 g/mol. The van der Waals surface area contributed by atoms with Crippen LogP contribution < -0.4 is 5.32 Å². The molecule has 70 valence electrons. The standard InChI is InChI=1S/C10H14N2S/c1-8-2-3-11-4-9(8)5-12-10-6-13-7-10/h2-4,10,12H,5-7H2,1H3. The van der Waals surface area contributed by atoms with E-state index in [0.717, 1.165) is 12.6 Å². The third-order valence-corrected chi connectivity index (χ3v) is 3.64. The van der Waals surface area contributed by atoms with Crippen LogP contribution in [0.1, 0.15) is 11.1 Å². The minimum atomic E-state index is 0.726. The van der Waals surface area contributed by atoms with Gasteiger partial charge in [0.2, 0.25) is 0 Å². The van der Waals surface area contributed by atoms with E-state index in [1.807, 2.05) is 24.2 Å². The molecule has 1 aromatic heterocycles. The summed E-state index contributed by atoms with van der Waals surface area (Å²) in [6.07, 6.45) is 3.80. The van der Waals surface area contributed by atoms with Crippen LogP contribution in [0.25, 0.3) is 0 Å². The number of rotatable bonds is 3. The van der Waals surface area contributed by atoms with Crippen LogP contribution in [0.4, 0.5) is 0 Å². The van der Waals surface area contributed by atoms with Crippen molar-refractivity contribution in [2.24, 2.45) is 0 Å². The van der Waals surface area contributed by atoms with Crippen molar-refractivity contribution in [1.82, 2.24) is 10.3 Å². The van der Waals surface area contributed by atoms with Crippen LogP contribution in [0.5, 0.6) is 0 Å². The fourth-order valence-corrected chi connectivity index (χ4v) is 2.00. The van der Waals surface area contributed by atoms with Gasteiger partial charge in [0, 0.05) is 36.5 Å². The van der Waals surface area contributed by atoms with Gasteiger partial charge in [-0.15, -0.1) is 0 Å². The Morgan fingerprint density at radius 1 is 1.62 bits per heavy atom. The Morgan fingerprint density at radius 2 is 2.46 bits per heavy atom. The quantitative estimate of drug-likeness (QED) is 0.791. The molecule has 0 aliphatic carbocycles. The normalized spacial score (nSPS) is 17.0. The molecule has 0 bridgehead atoms. The van der Waals surface area contributed by atoms with Crippen molar-refractivity contribution in [3.8, 4) is 0 Å². The van der Waals surface area contributed by atoms with E-state index in [0.29, 0.717) is 0 Å². The molecule has 0 amide bonds. The van der Waals surface area contributed by atoms with E-state index in [1.165, 1.54) is 22.6 Å². The van der Waals surface area contributed by atoms with Crippen molar-refractivity contribution in [2.75, 3.05) is 11.5 Å². The third-order valence-electron chi connectivity index (χ3n) is 2.37. The molecule has 2 nitrogen and oxygen atoms in total.